The Morgan fingerprint density at radius 2 is 2.33 bits per heavy atom. The zero-order valence-electron chi connectivity index (χ0n) is 5.89. The smallest absolute Gasteiger partial charge is 0.259 e. The van der Waals surface area contributed by atoms with Crippen LogP contribution in [0.4, 0.5) is 0 Å². The number of hydrogen-bond acceptors (Lipinski definition) is 5. The molecule has 2 aliphatic rings. The lowest BCUT2D eigenvalue weighted by molar-refractivity contribution is -0.119. The minimum atomic E-state index is -0.581. The van der Waals surface area contributed by atoms with E-state index in [9.17, 15) is 4.79 Å². The lowest BCUT2D eigenvalue weighted by atomic mass is 10.2. The highest BCUT2D eigenvalue weighted by Crippen LogP contribution is 2.05. The highest BCUT2D eigenvalue weighted by atomic mass is 35.5. The van der Waals surface area contributed by atoms with Gasteiger partial charge >= 0.3 is 0 Å². The molecule has 0 saturated carbocycles. The Labute approximate surface area is 74.1 Å². The van der Waals surface area contributed by atoms with Crippen LogP contribution < -0.4 is 11.1 Å². The van der Waals surface area contributed by atoms with Crippen molar-refractivity contribution in [3.63, 3.8) is 0 Å². The fourth-order valence-electron chi connectivity index (χ4n) is 0.917. The second kappa shape index (κ2) is 2.90. The molecule has 0 fully saturated rings. The average Bonchev–Trinajstić information content (AvgIpc) is 2.34. The fraction of sp³-hybridized carbons (Fsp3) is 0.200. The van der Waals surface area contributed by atoms with Gasteiger partial charge in [0, 0.05) is 0 Å². The number of nitrogens with two attached hydrogens (primary N) is 1. The molecule has 1 atom stereocenters. The van der Waals surface area contributed by atoms with Gasteiger partial charge in [-0.1, -0.05) is 0 Å². The number of nitrogens with one attached hydrogen (secondary N) is 1. The van der Waals surface area contributed by atoms with Gasteiger partial charge in [-0.3, -0.25) is 15.1 Å². The van der Waals surface area contributed by atoms with Crippen LogP contribution in [-0.2, 0) is 4.79 Å². The standard InChI is InChI=1S/C5H5N5O.ClH/c6-5-9-3-2(4(11)10-5)7-1-8-3;/h1-2H,(H3,6,7,8,9,10,11);1H. The number of carbonyl (C=O) groups is 1. The molecule has 0 saturated heterocycles. The maximum absolute atomic E-state index is 11.0. The van der Waals surface area contributed by atoms with Gasteiger partial charge in [0.05, 0.1) is 0 Å². The zero-order valence-corrected chi connectivity index (χ0v) is 6.71. The summed E-state index contributed by atoms with van der Waals surface area (Å²) in [6.45, 7) is 0. The summed E-state index contributed by atoms with van der Waals surface area (Å²) in [4.78, 5) is 22.3. The summed E-state index contributed by atoms with van der Waals surface area (Å²) in [6.07, 6.45) is 1.31. The lowest BCUT2D eigenvalue weighted by Gasteiger charge is -2.13. The van der Waals surface area contributed by atoms with E-state index in [-0.39, 0.29) is 24.3 Å². The quantitative estimate of drug-likeness (QED) is 0.491. The van der Waals surface area contributed by atoms with Crippen LogP contribution in [0.25, 0.3) is 0 Å². The molecule has 6 nitrogen and oxygen atoms in total. The molecule has 0 bridgehead atoms. The average molecular weight is 188 g/mol. The summed E-state index contributed by atoms with van der Waals surface area (Å²) >= 11 is 0. The van der Waals surface area contributed by atoms with Crippen LogP contribution in [-0.4, -0.2) is 30.1 Å². The van der Waals surface area contributed by atoms with E-state index in [0.717, 1.165) is 0 Å². The maximum atomic E-state index is 11.0. The van der Waals surface area contributed by atoms with Gasteiger partial charge < -0.3 is 5.73 Å². The van der Waals surface area contributed by atoms with E-state index < -0.39 is 6.04 Å². The number of nitrogens with zero attached hydrogens (tertiary/aromatic N) is 3. The van der Waals surface area contributed by atoms with Crippen molar-refractivity contribution in [3.05, 3.63) is 0 Å². The van der Waals surface area contributed by atoms with E-state index in [2.05, 4.69) is 20.3 Å². The molecule has 0 aromatic heterocycles. The monoisotopic (exact) mass is 187 g/mol. The number of amidine groups is 1. The van der Waals surface area contributed by atoms with Crippen LogP contribution >= 0.6 is 12.4 Å². The SMILES string of the molecule is Cl.NC1=NC2=NC=NC2C(=O)N1. The van der Waals surface area contributed by atoms with Crippen LogP contribution in [0.15, 0.2) is 15.0 Å². The molecule has 12 heavy (non-hydrogen) atoms. The Hall–Kier alpha value is -1.43. The van der Waals surface area contributed by atoms with Crippen molar-refractivity contribution in [2.24, 2.45) is 20.7 Å². The summed E-state index contributed by atoms with van der Waals surface area (Å²) in [6, 6.07) is -0.581. The van der Waals surface area contributed by atoms with E-state index in [1.807, 2.05) is 0 Å². The first-order valence-corrected chi connectivity index (χ1v) is 3.02. The first-order chi connectivity index (χ1) is 5.27. The van der Waals surface area contributed by atoms with Gasteiger partial charge in [0.1, 0.15) is 6.34 Å². The van der Waals surface area contributed by atoms with E-state index >= 15 is 0 Å². The highest BCUT2D eigenvalue weighted by Gasteiger charge is 2.30. The van der Waals surface area contributed by atoms with E-state index in [4.69, 9.17) is 5.73 Å². The van der Waals surface area contributed by atoms with Crippen molar-refractivity contribution in [1.29, 1.82) is 0 Å². The van der Waals surface area contributed by atoms with Gasteiger partial charge in [-0.25, -0.2) is 4.99 Å². The number of hydrogen-bond donors (Lipinski definition) is 2. The first kappa shape index (κ1) is 8.66. The summed E-state index contributed by atoms with van der Waals surface area (Å²) < 4.78 is 0. The van der Waals surface area contributed by atoms with Gasteiger partial charge in [0.2, 0.25) is 5.96 Å². The molecule has 2 aliphatic heterocycles. The maximum Gasteiger partial charge on any atom is 0.259 e. The Balaban J connectivity index is 0.000000720. The third-order valence-corrected chi connectivity index (χ3v) is 1.38. The van der Waals surface area contributed by atoms with E-state index in [1.165, 1.54) is 6.34 Å². The minimum Gasteiger partial charge on any atom is -0.369 e. The molecule has 0 aromatic carbocycles. The Morgan fingerprint density at radius 1 is 1.58 bits per heavy atom. The number of aliphatic imine (C=N–C) groups is 3. The highest BCUT2D eigenvalue weighted by molar-refractivity contribution is 6.22. The number of fused-ring (bicyclic) bond motifs is 1. The van der Waals surface area contributed by atoms with Crippen molar-refractivity contribution < 1.29 is 4.79 Å². The molecule has 0 aliphatic carbocycles. The van der Waals surface area contributed by atoms with Crippen molar-refractivity contribution >= 4 is 36.4 Å². The Kier molecular flexibility index (Phi) is 2.09. The van der Waals surface area contributed by atoms with Crippen LogP contribution in [0.3, 0.4) is 0 Å². The molecule has 0 radical (unpaired) electrons. The largest absolute Gasteiger partial charge is 0.369 e. The summed E-state index contributed by atoms with van der Waals surface area (Å²) in [7, 11) is 0. The van der Waals surface area contributed by atoms with Crippen molar-refractivity contribution in [3.8, 4) is 0 Å². The molecule has 1 amide bonds. The van der Waals surface area contributed by atoms with Crippen LogP contribution in [0.1, 0.15) is 0 Å². The van der Waals surface area contributed by atoms with Crippen LogP contribution in [0.5, 0.6) is 0 Å². The molecular weight excluding hydrogens is 182 g/mol. The number of amides is 1. The number of halogens is 1. The summed E-state index contributed by atoms with van der Waals surface area (Å²) in [5, 5.41) is 2.34. The van der Waals surface area contributed by atoms with Crippen LogP contribution in [0.2, 0.25) is 0 Å². The molecule has 0 aromatic rings. The van der Waals surface area contributed by atoms with Gasteiger partial charge in [-0.2, -0.15) is 4.99 Å². The molecule has 3 N–H and O–H groups in total. The second-order valence-electron chi connectivity index (χ2n) is 2.14. The van der Waals surface area contributed by atoms with Gasteiger partial charge in [0.15, 0.2) is 11.9 Å². The third-order valence-electron chi connectivity index (χ3n) is 1.38. The van der Waals surface area contributed by atoms with Gasteiger partial charge in [-0.05, 0) is 0 Å². The Bertz CT molecular complexity index is 307. The summed E-state index contributed by atoms with van der Waals surface area (Å²) in [5.41, 5.74) is 5.26. The number of guanidine groups is 1. The zero-order chi connectivity index (χ0) is 7.84. The normalized spacial score (nSPS) is 25.0. The molecule has 2 heterocycles. The van der Waals surface area contributed by atoms with E-state index in [0.29, 0.717) is 5.84 Å². The molecule has 0 spiro atoms. The van der Waals surface area contributed by atoms with Gasteiger partial charge in [-0.15, -0.1) is 12.4 Å². The molecule has 2 rings (SSSR count). The molecule has 7 heteroatoms. The Morgan fingerprint density at radius 3 is 3.08 bits per heavy atom. The fourth-order valence-corrected chi connectivity index (χ4v) is 0.917. The predicted molar refractivity (Wildman–Crippen MR) is 46.7 cm³/mol. The molecule has 1 unspecified atom stereocenters. The lowest BCUT2D eigenvalue weighted by Crippen LogP contribution is -2.49. The first-order valence-electron chi connectivity index (χ1n) is 3.02. The van der Waals surface area contributed by atoms with Crippen molar-refractivity contribution in [1.82, 2.24) is 5.32 Å². The topological polar surface area (TPSA) is 92.2 Å². The number of carbonyl (C=O) groups excluding carboxylic acids is 1. The second-order valence-corrected chi connectivity index (χ2v) is 2.14. The van der Waals surface area contributed by atoms with Crippen molar-refractivity contribution in [2.75, 3.05) is 0 Å². The van der Waals surface area contributed by atoms with Crippen molar-refractivity contribution in [2.45, 2.75) is 6.04 Å². The summed E-state index contributed by atoms with van der Waals surface area (Å²) in [5.74, 6) is 0.173. The molecule has 64 valence electrons. The van der Waals surface area contributed by atoms with Gasteiger partial charge in [0.25, 0.3) is 5.91 Å². The number of rotatable bonds is 0. The van der Waals surface area contributed by atoms with E-state index in [1.54, 1.807) is 0 Å². The van der Waals surface area contributed by atoms with Crippen LogP contribution in [0, 0.1) is 0 Å². The third kappa shape index (κ3) is 1.16. The predicted octanol–water partition coefficient (Wildman–Crippen LogP) is -1.34. The minimum absolute atomic E-state index is 0. The molecular formula is C5H6ClN5O.